The first-order chi connectivity index (χ1) is 19.5. The van der Waals surface area contributed by atoms with Crippen LogP contribution in [0.15, 0.2) is 18.2 Å². The normalized spacial score (nSPS) is 22.0. The Morgan fingerprint density at radius 1 is 1.15 bits per heavy atom. The molecule has 1 unspecified atom stereocenters. The third-order valence-electron chi connectivity index (χ3n) is 6.33. The monoisotopic (exact) mass is 596 g/mol. The second-order valence-electron chi connectivity index (χ2n) is 9.90. The van der Waals surface area contributed by atoms with Crippen LogP contribution in [0.1, 0.15) is 66.0 Å². The van der Waals surface area contributed by atoms with Crippen molar-refractivity contribution in [2.24, 2.45) is 0 Å². The topological polar surface area (TPSA) is 219 Å². The molecule has 1 saturated heterocycles. The summed E-state index contributed by atoms with van der Waals surface area (Å²) in [5.41, 5.74) is 12.2. The molecular weight excluding hydrogens is 555 g/mol. The van der Waals surface area contributed by atoms with Gasteiger partial charge in [0.15, 0.2) is 17.7 Å². The van der Waals surface area contributed by atoms with E-state index in [2.05, 4.69) is 25.1 Å². The van der Waals surface area contributed by atoms with Crippen molar-refractivity contribution >= 4 is 42.3 Å². The molecule has 228 valence electrons. The maximum absolute atomic E-state index is 14.0. The molecule has 16 heteroatoms. The van der Waals surface area contributed by atoms with E-state index < -0.39 is 49.9 Å². The molecule has 3 rings (SSSR count). The van der Waals surface area contributed by atoms with E-state index in [0.717, 1.165) is 12.8 Å². The highest BCUT2D eigenvalue weighted by atomic mass is 31.2. The fraction of sp³-hybridized carbons (Fsp3) is 0.640. The van der Waals surface area contributed by atoms with Gasteiger partial charge >= 0.3 is 11.9 Å². The predicted molar refractivity (Wildman–Crippen MR) is 152 cm³/mol. The van der Waals surface area contributed by atoms with E-state index >= 15 is 0 Å². The molecular formula is C25H41N8O7P. The predicted octanol–water partition coefficient (Wildman–Crippen LogP) is 1.99. The number of fused-ring (bicyclic) bond motifs is 1. The number of carbonyl (C=O) groups excluding carboxylic acids is 2. The van der Waals surface area contributed by atoms with Gasteiger partial charge in [-0.3, -0.25) is 18.7 Å². The number of nitrogen functional groups attached to an aromatic ring is 2. The lowest BCUT2D eigenvalue weighted by atomic mass is 10.2. The van der Waals surface area contributed by atoms with Crippen LogP contribution in [-0.2, 0) is 28.4 Å². The Morgan fingerprint density at radius 3 is 2.29 bits per heavy atom. The Morgan fingerprint density at radius 2 is 1.73 bits per heavy atom. The van der Waals surface area contributed by atoms with E-state index in [-0.39, 0.29) is 31.4 Å². The summed E-state index contributed by atoms with van der Waals surface area (Å²) in [5.74, 6) is 0.212. The van der Waals surface area contributed by atoms with Crippen LogP contribution >= 0.6 is 7.44 Å². The van der Waals surface area contributed by atoms with Crippen LogP contribution in [-0.4, -0.2) is 74.1 Å². The first-order valence-electron chi connectivity index (χ1n) is 13.7. The van der Waals surface area contributed by atoms with Crippen LogP contribution in [0.2, 0.25) is 0 Å². The van der Waals surface area contributed by atoms with Crippen molar-refractivity contribution in [3.8, 4) is 0 Å². The number of aliphatic hydroxyl groups is 1. The van der Waals surface area contributed by atoms with E-state index in [1.807, 2.05) is 13.8 Å². The number of nitrogens with two attached hydrogens (primary N) is 2. The van der Waals surface area contributed by atoms with Crippen molar-refractivity contribution in [3.63, 3.8) is 0 Å². The fourth-order valence-electron chi connectivity index (χ4n) is 4.10. The molecule has 41 heavy (non-hydrogen) atoms. The molecule has 0 amide bonds. The summed E-state index contributed by atoms with van der Waals surface area (Å²) in [7, 11) is -3.74. The average Bonchev–Trinajstić information content (AvgIpc) is 3.50. The maximum atomic E-state index is 14.0. The van der Waals surface area contributed by atoms with E-state index in [9.17, 15) is 19.3 Å². The number of nitrogens with zero attached hydrogens (tertiary/aromatic N) is 4. The first kappa shape index (κ1) is 32.4. The average molecular weight is 597 g/mol. The molecule has 1 fully saturated rings. The zero-order valence-electron chi connectivity index (χ0n) is 23.9. The number of anilines is 2. The van der Waals surface area contributed by atoms with E-state index in [1.54, 1.807) is 0 Å². The lowest BCUT2D eigenvalue weighted by Crippen LogP contribution is -2.41. The summed E-state index contributed by atoms with van der Waals surface area (Å²) < 4.78 is 32.0. The number of rotatable bonds is 15. The lowest BCUT2D eigenvalue weighted by molar-refractivity contribution is -0.145. The second-order valence-corrected chi connectivity index (χ2v) is 12.0. The van der Waals surface area contributed by atoms with Gasteiger partial charge in [-0.15, -0.1) is 0 Å². The van der Waals surface area contributed by atoms with Gasteiger partial charge in [0.1, 0.15) is 23.7 Å². The van der Waals surface area contributed by atoms with Gasteiger partial charge < -0.3 is 30.8 Å². The molecule has 2 aromatic heterocycles. The number of esters is 2. The number of nitrogens with one attached hydrogen (secondary N) is 2. The summed E-state index contributed by atoms with van der Waals surface area (Å²) in [6.07, 6.45) is 3.65. The quantitative estimate of drug-likeness (QED) is 0.113. The maximum Gasteiger partial charge on any atom is 0.323 e. The van der Waals surface area contributed by atoms with Crippen LogP contribution in [0, 0.1) is 0 Å². The Labute approximate surface area is 238 Å². The van der Waals surface area contributed by atoms with Gasteiger partial charge in [-0.1, -0.05) is 26.7 Å². The van der Waals surface area contributed by atoms with Crippen LogP contribution in [0.3, 0.4) is 0 Å². The molecule has 1 aliphatic rings. The van der Waals surface area contributed by atoms with Crippen molar-refractivity contribution in [2.75, 3.05) is 24.7 Å². The molecule has 3 heterocycles. The molecule has 1 aliphatic heterocycles. The number of aromatic nitrogens is 4. The molecule has 7 N–H and O–H groups in total. The number of carbonyl (C=O) groups is 2. The minimum atomic E-state index is -3.74. The number of aliphatic hydroxyl groups excluding tert-OH is 1. The molecule has 6 atom stereocenters. The third-order valence-corrected chi connectivity index (χ3v) is 8.46. The van der Waals surface area contributed by atoms with Crippen LogP contribution < -0.4 is 21.6 Å². The van der Waals surface area contributed by atoms with Crippen molar-refractivity contribution < 1.29 is 33.5 Å². The SMILES string of the molecule is CCCCOC(=O)[C@H](C)NP(=O)(/C=C/[C@@H]1C[C@@H](O)[C@H](n2cnc3c(N)nc(N)nc32)O1)N[C@H](C)C(=O)OCCCC. The van der Waals surface area contributed by atoms with Gasteiger partial charge in [-0.25, -0.2) is 15.2 Å². The number of unbranched alkanes of at least 4 members (excludes halogenated alkanes) is 2. The van der Waals surface area contributed by atoms with E-state index in [4.69, 9.17) is 25.7 Å². The van der Waals surface area contributed by atoms with Crippen molar-refractivity contribution in [1.82, 2.24) is 29.7 Å². The van der Waals surface area contributed by atoms with Crippen LogP contribution in [0.4, 0.5) is 11.8 Å². The highest BCUT2D eigenvalue weighted by molar-refractivity contribution is 7.63. The van der Waals surface area contributed by atoms with Gasteiger partial charge in [-0.2, -0.15) is 9.97 Å². The molecule has 2 aromatic rings. The minimum absolute atomic E-state index is 0.0524. The Bertz CT molecular complexity index is 1240. The first-order valence-corrected chi connectivity index (χ1v) is 15.5. The minimum Gasteiger partial charge on any atom is -0.465 e. The van der Waals surface area contributed by atoms with Gasteiger partial charge in [0.2, 0.25) is 13.4 Å². The summed E-state index contributed by atoms with van der Waals surface area (Å²) >= 11 is 0. The highest BCUT2D eigenvalue weighted by Crippen LogP contribution is 2.41. The molecule has 0 saturated carbocycles. The van der Waals surface area contributed by atoms with Gasteiger partial charge in [0.25, 0.3) is 0 Å². The van der Waals surface area contributed by atoms with Gasteiger partial charge in [0.05, 0.1) is 25.6 Å². The van der Waals surface area contributed by atoms with E-state index in [1.165, 1.54) is 36.6 Å². The van der Waals surface area contributed by atoms with Gasteiger partial charge in [0, 0.05) is 12.2 Å². The molecule has 0 aliphatic carbocycles. The highest BCUT2D eigenvalue weighted by Gasteiger charge is 2.37. The summed E-state index contributed by atoms with van der Waals surface area (Å²) in [5, 5.41) is 16.3. The van der Waals surface area contributed by atoms with Gasteiger partial charge in [-0.05, 0) is 32.8 Å². The van der Waals surface area contributed by atoms with Crippen LogP contribution in [0.25, 0.3) is 11.2 Å². The van der Waals surface area contributed by atoms with Crippen molar-refractivity contribution in [1.29, 1.82) is 0 Å². The second kappa shape index (κ2) is 14.7. The molecule has 0 spiro atoms. The van der Waals surface area contributed by atoms with E-state index in [0.29, 0.717) is 24.0 Å². The molecule has 0 radical (unpaired) electrons. The fourth-order valence-corrected chi connectivity index (χ4v) is 6.14. The Balaban J connectivity index is 1.77. The number of imidazole rings is 1. The van der Waals surface area contributed by atoms with Crippen LogP contribution in [0.5, 0.6) is 0 Å². The summed E-state index contributed by atoms with van der Waals surface area (Å²) in [6.45, 7) is 7.48. The Kier molecular flexibility index (Phi) is 11.6. The lowest BCUT2D eigenvalue weighted by Gasteiger charge is -2.24. The largest absolute Gasteiger partial charge is 0.465 e. The molecule has 0 bridgehead atoms. The number of hydrogen-bond donors (Lipinski definition) is 5. The zero-order valence-corrected chi connectivity index (χ0v) is 24.8. The Hall–Kier alpha value is -3.10. The standard InChI is InChI=1S/C25H41N8O7P/c1-5-7-10-38-23(35)15(3)31-41(37,32-16(4)24(36)39-11-8-6-2)12-9-17-13-18(34)22(40-17)33-14-28-19-20(26)29-25(27)30-21(19)33/h9,12,14-18,22,34H,5-8,10-11,13H2,1-4H3,(H2,31,32,37)(H4,26,27,29,30)/b12-9+/t15-,16+,17-,18-,22-,41?/m1/s1. The number of hydrogen-bond acceptors (Lipinski definition) is 12. The smallest absolute Gasteiger partial charge is 0.323 e. The molecule has 15 nitrogen and oxygen atoms in total. The summed E-state index contributed by atoms with van der Waals surface area (Å²) in [6, 6.07) is -1.90. The van der Waals surface area contributed by atoms with Crippen molar-refractivity contribution in [2.45, 2.75) is 90.3 Å². The van der Waals surface area contributed by atoms with Crippen molar-refractivity contribution in [3.05, 3.63) is 18.2 Å². The zero-order chi connectivity index (χ0) is 30.2. The number of ether oxygens (including phenoxy) is 3. The molecule has 0 aromatic carbocycles. The third kappa shape index (κ3) is 8.69. The summed E-state index contributed by atoms with van der Waals surface area (Å²) in [4.78, 5) is 37.2.